The monoisotopic (exact) mass is 498 g/mol. The fourth-order valence-electron chi connectivity index (χ4n) is 4.03. The molecule has 0 spiro atoms. The molecule has 0 radical (unpaired) electrons. The van der Waals surface area contributed by atoms with Gasteiger partial charge in [-0.2, -0.15) is 13.2 Å². The minimum atomic E-state index is -4.52. The van der Waals surface area contributed by atoms with Gasteiger partial charge in [0.2, 0.25) is 0 Å². The Morgan fingerprint density at radius 1 is 0.882 bits per heavy atom. The molecule has 9 heteroatoms. The maximum Gasteiger partial charge on any atom is 0.416 e. The molecule has 0 bridgehead atoms. The van der Waals surface area contributed by atoms with Crippen molar-refractivity contribution in [2.45, 2.75) is 56.0 Å². The van der Waals surface area contributed by atoms with Crippen molar-refractivity contribution >= 4 is 15.7 Å². The molecule has 0 aromatic heterocycles. The Kier molecular flexibility index (Phi) is 9.24. The molecule has 34 heavy (non-hydrogen) atoms. The largest absolute Gasteiger partial charge is 0.494 e. The van der Waals surface area contributed by atoms with Crippen molar-refractivity contribution < 1.29 is 26.3 Å². The lowest BCUT2D eigenvalue weighted by Crippen LogP contribution is -2.30. The third-order valence-corrected chi connectivity index (χ3v) is 7.93. The number of hydrogen-bond donors (Lipinski definition) is 0. The highest BCUT2D eigenvalue weighted by Crippen LogP contribution is 2.31. The second-order valence-electron chi connectivity index (χ2n) is 8.65. The van der Waals surface area contributed by atoms with Gasteiger partial charge in [-0.15, -0.1) is 0 Å². The van der Waals surface area contributed by atoms with Gasteiger partial charge in [0.05, 0.1) is 22.8 Å². The van der Waals surface area contributed by atoms with Crippen molar-refractivity contribution in [2.24, 2.45) is 0 Å². The smallest absolute Gasteiger partial charge is 0.416 e. The highest BCUT2D eigenvalue weighted by molar-refractivity contribution is 7.92. The summed E-state index contributed by atoms with van der Waals surface area (Å²) in [6, 6.07) is 10.1. The van der Waals surface area contributed by atoms with E-state index in [2.05, 4.69) is 4.90 Å². The number of benzene rings is 2. The fraction of sp³-hybridized carbons (Fsp3) is 0.520. The molecule has 0 aliphatic carbocycles. The summed E-state index contributed by atoms with van der Waals surface area (Å²) < 4.78 is 70.6. The predicted molar refractivity (Wildman–Crippen MR) is 128 cm³/mol. The van der Waals surface area contributed by atoms with Crippen molar-refractivity contribution in [3.8, 4) is 5.75 Å². The van der Waals surface area contributed by atoms with Gasteiger partial charge in [0.15, 0.2) is 0 Å². The molecule has 0 unspecified atom stereocenters. The number of unbranched alkanes of at least 4 members (excludes halogenated alkanes) is 3. The van der Waals surface area contributed by atoms with Crippen LogP contribution in [0.1, 0.15) is 50.5 Å². The summed E-state index contributed by atoms with van der Waals surface area (Å²) in [5, 5.41) is 0. The predicted octanol–water partition coefficient (Wildman–Crippen LogP) is 5.96. The van der Waals surface area contributed by atoms with E-state index >= 15 is 0 Å². The van der Waals surface area contributed by atoms with Gasteiger partial charge in [0.25, 0.3) is 10.0 Å². The topological polar surface area (TPSA) is 49.9 Å². The zero-order valence-electron chi connectivity index (χ0n) is 19.6. The zero-order chi connectivity index (χ0) is 24.6. The first kappa shape index (κ1) is 26.3. The molecule has 0 saturated carbocycles. The van der Waals surface area contributed by atoms with Crippen LogP contribution >= 0.6 is 0 Å². The molecule has 0 amide bonds. The first-order chi connectivity index (χ1) is 16.2. The van der Waals surface area contributed by atoms with Gasteiger partial charge in [-0.05, 0) is 93.8 Å². The van der Waals surface area contributed by atoms with Crippen molar-refractivity contribution in [1.82, 2.24) is 4.90 Å². The van der Waals surface area contributed by atoms with Gasteiger partial charge in [-0.1, -0.05) is 19.3 Å². The van der Waals surface area contributed by atoms with E-state index < -0.39 is 21.8 Å². The molecule has 3 rings (SSSR count). The summed E-state index contributed by atoms with van der Waals surface area (Å²) in [6.45, 7) is 4.26. The molecule has 1 saturated heterocycles. The van der Waals surface area contributed by atoms with E-state index in [0.717, 1.165) is 41.4 Å². The average molecular weight is 499 g/mol. The van der Waals surface area contributed by atoms with Crippen LogP contribution in [0.3, 0.4) is 0 Å². The van der Waals surface area contributed by atoms with Crippen molar-refractivity contribution in [3.05, 3.63) is 54.1 Å². The fourth-order valence-corrected chi connectivity index (χ4v) is 5.22. The SMILES string of the molecule is CN(c1ccc(OCCCCCCN2CCCCC2)cc1)S(=O)(=O)c1ccc(C(F)(F)F)cc1. The van der Waals surface area contributed by atoms with E-state index in [1.165, 1.54) is 58.8 Å². The van der Waals surface area contributed by atoms with Gasteiger partial charge in [-0.3, -0.25) is 4.31 Å². The van der Waals surface area contributed by atoms with Crippen LogP contribution in [-0.4, -0.2) is 46.6 Å². The number of nitrogens with zero attached hydrogens (tertiary/aromatic N) is 2. The van der Waals surface area contributed by atoms with E-state index in [1.54, 1.807) is 24.3 Å². The molecular weight excluding hydrogens is 465 g/mol. The molecular formula is C25H33F3N2O3S. The normalized spacial score (nSPS) is 15.3. The third kappa shape index (κ3) is 7.37. The van der Waals surface area contributed by atoms with Crippen LogP contribution in [0.4, 0.5) is 18.9 Å². The second kappa shape index (κ2) is 11.9. The van der Waals surface area contributed by atoms with Gasteiger partial charge in [0, 0.05) is 7.05 Å². The number of hydrogen-bond acceptors (Lipinski definition) is 4. The van der Waals surface area contributed by atoms with Gasteiger partial charge in [-0.25, -0.2) is 8.42 Å². The minimum absolute atomic E-state index is 0.205. The molecule has 1 fully saturated rings. The summed E-state index contributed by atoms with van der Waals surface area (Å²) in [5.41, 5.74) is -0.498. The van der Waals surface area contributed by atoms with Crippen molar-refractivity contribution in [1.29, 1.82) is 0 Å². The molecule has 188 valence electrons. The van der Waals surface area contributed by atoms with Crippen LogP contribution in [0.5, 0.6) is 5.75 Å². The Morgan fingerprint density at radius 3 is 2.12 bits per heavy atom. The minimum Gasteiger partial charge on any atom is -0.494 e. The van der Waals surface area contributed by atoms with Crippen molar-refractivity contribution in [3.63, 3.8) is 0 Å². The molecule has 1 heterocycles. The first-order valence-electron chi connectivity index (χ1n) is 11.8. The van der Waals surface area contributed by atoms with Crippen molar-refractivity contribution in [2.75, 3.05) is 37.6 Å². The lowest BCUT2D eigenvalue weighted by Gasteiger charge is -2.26. The number of halogens is 3. The Morgan fingerprint density at radius 2 is 1.50 bits per heavy atom. The van der Waals surface area contributed by atoms with Crippen LogP contribution in [0.25, 0.3) is 0 Å². The van der Waals surface area contributed by atoms with E-state index in [-0.39, 0.29) is 4.90 Å². The molecule has 5 nitrogen and oxygen atoms in total. The Balaban J connectivity index is 1.43. The summed E-state index contributed by atoms with van der Waals surface area (Å²) in [7, 11) is -2.62. The molecule has 0 N–H and O–H groups in total. The number of alkyl halides is 3. The summed E-state index contributed by atoms with van der Waals surface area (Å²) in [5.74, 6) is 0.650. The highest BCUT2D eigenvalue weighted by atomic mass is 32.2. The molecule has 0 atom stereocenters. The number of ether oxygens (including phenoxy) is 1. The van der Waals surface area contributed by atoms with Crippen LogP contribution in [0.15, 0.2) is 53.4 Å². The summed E-state index contributed by atoms with van der Waals surface area (Å²) >= 11 is 0. The van der Waals surface area contributed by atoms with Crippen LogP contribution < -0.4 is 9.04 Å². The standard InChI is InChI=1S/C25H33F3N2O3S/c1-29(34(31,32)24-15-9-21(10-16-24)25(26,27)28)22-11-13-23(14-12-22)33-20-8-3-2-5-17-30-18-6-4-7-19-30/h9-16H,2-8,17-20H2,1H3. The molecule has 1 aliphatic rings. The molecule has 1 aliphatic heterocycles. The number of anilines is 1. The van der Waals surface area contributed by atoms with Gasteiger partial charge in [0.1, 0.15) is 5.75 Å². The number of rotatable bonds is 11. The second-order valence-corrected chi connectivity index (χ2v) is 10.6. The van der Waals surface area contributed by atoms with Gasteiger partial charge < -0.3 is 9.64 Å². The lowest BCUT2D eigenvalue weighted by atomic mass is 10.1. The Labute approximate surface area is 200 Å². The number of likely N-dealkylation sites (tertiary alicyclic amines) is 1. The quantitative estimate of drug-likeness (QED) is 0.359. The summed E-state index contributed by atoms with van der Waals surface area (Å²) in [6.07, 6.45) is 3.97. The molecule has 2 aromatic rings. The van der Waals surface area contributed by atoms with E-state index in [0.29, 0.717) is 18.0 Å². The molecule has 2 aromatic carbocycles. The lowest BCUT2D eigenvalue weighted by molar-refractivity contribution is -0.137. The van der Waals surface area contributed by atoms with E-state index in [4.69, 9.17) is 4.74 Å². The highest BCUT2D eigenvalue weighted by Gasteiger charge is 2.31. The zero-order valence-corrected chi connectivity index (χ0v) is 20.4. The maximum absolute atomic E-state index is 12.8. The Bertz CT molecular complexity index is 988. The maximum atomic E-state index is 12.8. The number of piperidine rings is 1. The Hall–Kier alpha value is -2.26. The van der Waals surface area contributed by atoms with Gasteiger partial charge >= 0.3 is 6.18 Å². The summed E-state index contributed by atoms with van der Waals surface area (Å²) in [4.78, 5) is 2.35. The third-order valence-electron chi connectivity index (χ3n) is 6.13. The van der Waals surface area contributed by atoms with Crippen LogP contribution in [-0.2, 0) is 16.2 Å². The average Bonchev–Trinajstić information content (AvgIpc) is 2.83. The first-order valence-corrected chi connectivity index (χ1v) is 13.2. The van der Waals surface area contributed by atoms with E-state index in [9.17, 15) is 21.6 Å². The van der Waals surface area contributed by atoms with Crippen LogP contribution in [0.2, 0.25) is 0 Å². The van der Waals surface area contributed by atoms with Crippen LogP contribution in [0, 0.1) is 0 Å². The number of sulfonamides is 1. The van der Waals surface area contributed by atoms with E-state index in [1.807, 2.05) is 0 Å².